The molecule has 1 aromatic rings. The fourth-order valence-corrected chi connectivity index (χ4v) is 3.60. The molecule has 0 radical (unpaired) electrons. The van der Waals surface area contributed by atoms with Gasteiger partial charge in [-0.05, 0) is 24.5 Å². The Balaban J connectivity index is 2.59. The fraction of sp³-hybridized carbons (Fsp3) is 0.538. The number of rotatable bonds is 3. The van der Waals surface area contributed by atoms with Crippen molar-refractivity contribution in [2.45, 2.75) is 36.0 Å². The summed E-state index contributed by atoms with van der Waals surface area (Å²) in [6.07, 6.45) is 4.71. The first-order chi connectivity index (χ1) is 8.41. The highest BCUT2D eigenvalue weighted by molar-refractivity contribution is 7.90. The second-order valence-electron chi connectivity index (χ2n) is 5.08. The topological polar surface area (TPSA) is 60.2 Å². The summed E-state index contributed by atoms with van der Waals surface area (Å²) in [4.78, 5) is -0.222. The molecule has 0 spiro atoms. The Morgan fingerprint density at radius 2 is 1.94 bits per heavy atom. The van der Waals surface area contributed by atoms with E-state index < -0.39 is 15.7 Å². The molecule has 18 heavy (non-hydrogen) atoms. The van der Waals surface area contributed by atoms with E-state index in [1.165, 1.54) is 6.07 Å². The van der Waals surface area contributed by atoms with Gasteiger partial charge >= 0.3 is 0 Å². The van der Waals surface area contributed by atoms with Gasteiger partial charge in [-0.3, -0.25) is 0 Å². The van der Waals surface area contributed by atoms with E-state index in [4.69, 9.17) is 5.73 Å². The molecule has 2 N–H and O–H groups in total. The average molecular weight is 271 g/mol. The van der Waals surface area contributed by atoms with Crippen molar-refractivity contribution in [2.24, 2.45) is 5.73 Å². The van der Waals surface area contributed by atoms with Crippen LogP contribution in [0.15, 0.2) is 23.1 Å². The molecular weight excluding hydrogens is 253 g/mol. The first-order valence-electron chi connectivity index (χ1n) is 6.10. The van der Waals surface area contributed by atoms with Crippen molar-refractivity contribution < 1.29 is 12.8 Å². The van der Waals surface area contributed by atoms with Gasteiger partial charge in [0.05, 0.1) is 0 Å². The summed E-state index contributed by atoms with van der Waals surface area (Å²) in [6, 6.07) is 4.58. The molecule has 3 nitrogen and oxygen atoms in total. The van der Waals surface area contributed by atoms with Gasteiger partial charge in [0.15, 0.2) is 9.84 Å². The van der Waals surface area contributed by atoms with E-state index in [0.717, 1.165) is 31.9 Å². The summed E-state index contributed by atoms with van der Waals surface area (Å²) in [5, 5.41) is 0. The number of hydrogen-bond donors (Lipinski definition) is 1. The van der Waals surface area contributed by atoms with Gasteiger partial charge < -0.3 is 5.73 Å². The van der Waals surface area contributed by atoms with Gasteiger partial charge in [0.25, 0.3) is 0 Å². The van der Waals surface area contributed by atoms with Crippen LogP contribution < -0.4 is 5.73 Å². The van der Waals surface area contributed by atoms with Crippen LogP contribution in [-0.4, -0.2) is 21.2 Å². The van der Waals surface area contributed by atoms with Gasteiger partial charge in [0.2, 0.25) is 0 Å². The summed E-state index contributed by atoms with van der Waals surface area (Å²) < 4.78 is 37.5. The van der Waals surface area contributed by atoms with Crippen LogP contribution in [0.4, 0.5) is 4.39 Å². The van der Waals surface area contributed by atoms with Gasteiger partial charge in [-0.2, -0.15) is 0 Å². The van der Waals surface area contributed by atoms with Crippen molar-refractivity contribution >= 4 is 9.84 Å². The van der Waals surface area contributed by atoms with Crippen LogP contribution in [0.3, 0.4) is 0 Å². The van der Waals surface area contributed by atoms with Gasteiger partial charge in [-0.25, -0.2) is 12.8 Å². The molecule has 0 bridgehead atoms. The predicted octanol–water partition coefficient (Wildman–Crippen LogP) is 2.00. The standard InChI is InChI=1S/C13H18FNO2S/c1-18(16,17)11-6-4-5-10(12(11)14)13(9-15)7-2-3-8-13/h4-6H,2-3,7-9,15H2,1H3. The molecule has 0 atom stereocenters. The maximum atomic E-state index is 14.4. The second-order valence-corrected chi connectivity index (χ2v) is 7.07. The zero-order chi connectivity index (χ0) is 13.4. The Morgan fingerprint density at radius 3 is 2.44 bits per heavy atom. The minimum atomic E-state index is -3.54. The lowest BCUT2D eigenvalue weighted by Crippen LogP contribution is -2.33. The van der Waals surface area contributed by atoms with E-state index in [1.807, 2.05) is 0 Å². The quantitative estimate of drug-likeness (QED) is 0.914. The van der Waals surface area contributed by atoms with E-state index in [0.29, 0.717) is 12.1 Å². The maximum Gasteiger partial charge on any atom is 0.178 e. The number of benzene rings is 1. The number of halogens is 1. The molecule has 1 fully saturated rings. The van der Waals surface area contributed by atoms with Gasteiger partial charge in [0, 0.05) is 18.2 Å². The van der Waals surface area contributed by atoms with Gasteiger partial charge in [-0.15, -0.1) is 0 Å². The average Bonchev–Trinajstić information content (AvgIpc) is 2.77. The minimum absolute atomic E-state index is 0.222. The lowest BCUT2D eigenvalue weighted by molar-refractivity contribution is 0.420. The molecule has 5 heteroatoms. The normalized spacial score (nSPS) is 19.1. The summed E-state index contributed by atoms with van der Waals surface area (Å²) in [5.74, 6) is -0.618. The molecule has 2 rings (SSSR count). The van der Waals surface area contributed by atoms with Crippen molar-refractivity contribution in [1.82, 2.24) is 0 Å². The zero-order valence-corrected chi connectivity index (χ0v) is 11.3. The largest absolute Gasteiger partial charge is 0.330 e. The Morgan fingerprint density at radius 1 is 1.33 bits per heavy atom. The highest BCUT2D eigenvalue weighted by Gasteiger charge is 2.37. The van der Waals surface area contributed by atoms with Crippen LogP contribution in [0.25, 0.3) is 0 Å². The van der Waals surface area contributed by atoms with E-state index in [-0.39, 0.29) is 10.3 Å². The SMILES string of the molecule is CS(=O)(=O)c1cccc(C2(CN)CCCC2)c1F. The minimum Gasteiger partial charge on any atom is -0.330 e. The Kier molecular flexibility index (Phi) is 3.47. The molecule has 0 amide bonds. The molecule has 1 aliphatic carbocycles. The van der Waals surface area contributed by atoms with Crippen LogP contribution in [-0.2, 0) is 15.3 Å². The first-order valence-corrected chi connectivity index (χ1v) is 7.99. The molecule has 0 aromatic heterocycles. The predicted molar refractivity (Wildman–Crippen MR) is 68.7 cm³/mol. The van der Waals surface area contributed by atoms with Crippen molar-refractivity contribution in [3.8, 4) is 0 Å². The summed E-state index contributed by atoms with van der Waals surface area (Å²) >= 11 is 0. The molecule has 0 saturated heterocycles. The van der Waals surface area contributed by atoms with Crippen LogP contribution in [0.5, 0.6) is 0 Å². The number of sulfone groups is 1. The molecule has 1 aliphatic rings. The summed E-state index contributed by atoms with van der Waals surface area (Å²) in [5.41, 5.74) is 5.89. The van der Waals surface area contributed by atoms with Gasteiger partial charge in [-0.1, -0.05) is 25.0 Å². The van der Waals surface area contributed by atoms with Crippen LogP contribution in [0.2, 0.25) is 0 Å². The summed E-state index contributed by atoms with van der Waals surface area (Å²) in [6.45, 7) is 0.358. The van der Waals surface area contributed by atoms with Crippen molar-refractivity contribution in [2.75, 3.05) is 12.8 Å². The molecule has 100 valence electrons. The molecule has 0 unspecified atom stereocenters. The molecule has 1 aromatic carbocycles. The number of nitrogens with two attached hydrogens (primary N) is 1. The molecular formula is C13H18FNO2S. The molecule has 0 aliphatic heterocycles. The third-order valence-corrected chi connectivity index (χ3v) is 5.00. The first kappa shape index (κ1) is 13.5. The van der Waals surface area contributed by atoms with Crippen LogP contribution >= 0.6 is 0 Å². The number of hydrogen-bond acceptors (Lipinski definition) is 3. The Labute approximate surface area is 107 Å². The van der Waals surface area contributed by atoms with E-state index in [2.05, 4.69) is 0 Å². The van der Waals surface area contributed by atoms with E-state index in [9.17, 15) is 12.8 Å². The third kappa shape index (κ3) is 2.17. The van der Waals surface area contributed by atoms with Crippen molar-refractivity contribution in [3.63, 3.8) is 0 Å². The van der Waals surface area contributed by atoms with Crippen molar-refractivity contribution in [3.05, 3.63) is 29.6 Å². The highest BCUT2D eigenvalue weighted by atomic mass is 32.2. The molecule has 1 saturated carbocycles. The lowest BCUT2D eigenvalue weighted by Gasteiger charge is -2.28. The molecule has 0 heterocycles. The van der Waals surface area contributed by atoms with E-state index >= 15 is 0 Å². The Hall–Kier alpha value is -0.940. The van der Waals surface area contributed by atoms with Gasteiger partial charge in [0.1, 0.15) is 10.7 Å². The highest BCUT2D eigenvalue weighted by Crippen LogP contribution is 2.42. The van der Waals surface area contributed by atoms with Crippen molar-refractivity contribution in [1.29, 1.82) is 0 Å². The zero-order valence-electron chi connectivity index (χ0n) is 10.4. The second kappa shape index (κ2) is 4.63. The monoisotopic (exact) mass is 271 g/mol. The van der Waals surface area contributed by atoms with E-state index in [1.54, 1.807) is 12.1 Å². The summed E-state index contributed by atoms with van der Waals surface area (Å²) in [7, 11) is -3.54. The Bertz CT molecular complexity index is 548. The maximum absolute atomic E-state index is 14.4. The fourth-order valence-electron chi connectivity index (χ4n) is 2.84. The van der Waals surface area contributed by atoms with Crippen LogP contribution in [0, 0.1) is 5.82 Å². The lowest BCUT2D eigenvalue weighted by atomic mass is 9.79. The third-order valence-electron chi connectivity index (χ3n) is 3.89. The van der Waals surface area contributed by atoms with Crippen LogP contribution in [0.1, 0.15) is 31.2 Å². The smallest absolute Gasteiger partial charge is 0.178 e.